The Bertz CT molecular complexity index is 535. The second kappa shape index (κ2) is 4.87. The molecule has 2 N–H and O–H groups in total. The summed E-state index contributed by atoms with van der Waals surface area (Å²) in [5, 5.41) is 0. The predicted molar refractivity (Wildman–Crippen MR) is 65.2 cm³/mol. The maximum atomic E-state index is 12.6. The van der Waals surface area contributed by atoms with Crippen molar-refractivity contribution in [3.8, 4) is 5.75 Å². The number of halogens is 3. The molecule has 0 unspecified atom stereocenters. The summed E-state index contributed by atoms with van der Waals surface area (Å²) in [6, 6.07) is 3.64. The Morgan fingerprint density at radius 1 is 1.21 bits per heavy atom. The number of ether oxygens (including phenoxy) is 1. The lowest BCUT2D eigenvalue weighted by Crippen LogP contribution is -2.25. The van der Waals surface area contributed by atoms with Gasteiger partial charge >= 0.3 is 6.18 Å². The van der Waals surface area contributed by atoms with Crippen LogP contribution in [0, 0.1) is 6.92 Å². The van der Waals surface area contributed by atoms with Gasteiger partial charge in [-0.25, -0.2) is 0 Å². The zero-order chi connectivity index (χ0) is 14.0. The van der Waals surface area contributed by atoms with Gasteiger partial charge in [-0.1, -0.05) is 6.58 Å². The Labute approximate surface area is 108 Å². The molecule has 0 bridgehead atoms. The van der Waals surface area contributed by atoms with Crippen molar-refractivity contribution < 1.29 is 17.9 Å². The van der Waals surface area contributed by atoms with E-state index >= 15 is 0 Å². The highest BCUT2D eigenvalue weighted by Gasteiger charge is 2.31. The quantitative estimate of drug-likeness (QED) is 0.886. The lowest BCUT2D eigenvalue weighted by Gasteiger charge is -2.12. The molecule has 19 heavy (non-hydrogen) atoms. The number of hydrogen-bond acceptors (Lipinski definition) is 3. The third-order valence-electron chi connectivity index (χ3n) is 2.50. The van der Waals surface area contributed by atoms with Crippen LogP contribution >= 0.6 is 0 Å². The van der Waals surface area contributed by atoms with Crippen molar-refractivity contribution >= 4 is 0 Å². The van der Waals surface area contributed by atoms with Crippen LogP contribution in [-0.4, -0.2) is 6.61 Å². The summed E-state index contributed by atoms with van der Waals surface area (Å²) < 4.78 is 43.3. The molecule has 6 heteroatoms. The molecular formula is C13H13F3N2O. The molecule has 1 aliphatic heterocycles. The van der Waals surface area contributed by atoms with E-state index in [1.807, 2.05) is 0 Å². The second-order valence-electron chi connectivity index (χ2n) is 4.27. The fourth-order valence-electron chi connectivity index (χ4n) is 1.68. The van der Waals surface area contributed by atoms with Crippen molar-refractivity contribution in [2.45, 2.75) is 13.1 Å². The maximum absolute atomic E-state index is 12.6. The molecule has 1 aromatic rings. The second-order valence-corrected chi connectivity index (χ2v) is 4.27. The van der Waals surface area contributed by atoms with Crippen LogP contribution in [0.2, 0.25) is 0 Å². The van der Waals surface area contributed by atoms with Crippen LogP contribution in [0.3, 0.4) is 0 Å². The first-order valence-corrected chi connectivity index (χ1v) is 5.58. The first kappa shape index (κ1) is 13.3. The zero-order valence-corrected chi connectivity index (χ0v) is 10.3. The summed E-state index contributed by atoms with van der Waals surface area (Å²) in [6.45, 7) is 5.41. The van der Waals surface area contributed by atoms with Crippen LogP contribution in [0.4, 0.5) is 13.2 Å². The smallest absolute Gasteiger partial charge is 0.416 e. The average Bonchev–Trinajstić information content (AvgIpc) is 2.71. The van der Waals surface area contributed by atoms with Crippen molar-refractivity contribution in [3.63, 3.8) is 0 Å². The zero-order valence-electron chi connectivity index (χ0n) is 10.3. The Balaban J connectivity index is 2.10. The Morgan fingerprint density at radius 3 is 2.53 bits per heavy atom. The fourth-order valence-corrected chi connectivity index (χ4v) is 1.68. The highest BCUT2D eigenvalue weighted by molar-refractivity contribution is 5.36. The molecule has 0 aliphatic carbocycles. The van der Waals surface area contributed by atoms with Gasteiger partial charge in [-0.2, -0.15) is 13.2 Å². The minimum atomic E-state index is -4.37. The van der Waals surface area contributed by atoms with Gasteiger partial charge in [0, 0.05) is 5.70 Å². The van der Waals surface area contributed by atoms with Crippen molar-refractivity contribution in [2.24, 2.45) is 0 Å². The Kier molecular flexibility index (Phi) is 3.42. The van der Waals surface area contributed by atoms with Gasteiger partial charge in [-0.3, -0.25) is 0 Å². The molecule has 0 amide bonds. The molecule has 0 radical (unpaired) electrons. The van der Waals surface area contributed by atoms with Gasteiger partial charge in [0.25, 0.3) is 0 Å². The van der Waals surface area contributed by atoms with Crippen LogP contribution in [0.15, 0.2) is 42.2 Å². The van der Waals surface area contributed by atoms with Crippen LogP contribution in [0.5, 0.6) is 5.75 Å². The molecule has 0 fully saturated rings. The Hall–Kier alpha value is -2.11. The summed E-state index contributed by atoms with van der Waals surface area (Å²) in [4.78, 5) is 0. The highest BCUT2D eigenvalue weighted by atomic mass is 19.4. The minimum Gasteiger partial charge on any atom is -0.487 e. The molecule has 1 aliphatic rings. The van der Waals surface area contributed by atoms with E-state index in [0.29, 0.717) is 17.0 Å². The average molecular weight is 270 g/mol. The molecule has 0 atom stereocenters. The third kappa shape index (κ3) is 3.43. The van der Waals surface area contributed by atoms with Crippen molar-refractivity contribution in [2.75, 3.05) is 6.61 Å². The molecule has 0 aromatic heterocycles. The summed E-state index contributed by atoms with van der Waals surface area (Å²) in [7, 11) is 0. The summed E-state index contributed by atoms with van der Waals surface area (Å²) in [6.07, 6.45) is -2.65. The largest absolute Gasteiger partial charge is 0.487 e. The first-order chi connectivity index (χ1) is 8.84. The van der Waals surface area contributed by atoms with Gasteiger partial charge in [0.2, 0.25) is 0 Å². The molecule has 1 aromatic carbocycles. The Morgan fingerprint density at radius 2 is 1.95 bits per heavy atom. The standard InChI is InChI=1S/C13H13F3N2O/c1-8-3-10(13(14,15)16)6-12(4-8)19-7-11-5-9(2)17-18-11/h3-6,17-18H,2,7H2,1H3. The SMILES string of the molecule is C=C1C=C(COc2cc(C)cc(C(F)(F)F)c2)NN1. The topological polar surface area (TPSA) is 33.3 Å². The van der Waals surface area contributed by atoms with Gasteiger partial charge in [-0.05, 0) is 36.8 Å². The molecule has 1 heterocycles. The lowest BCUT2D eigenvalue weighted by atomic mass is 10.1. The maximum Gasteiger partial charge on any atom is 0.416 e. The van der Waals surface area contributed by atoms with E-state index in [1.165, 1.54) is 0 Å². The van der Waals surface area contributed by atoms with E-state index in [-0.39, 0.29) is 12.4 Å². The summed E-state index contributed by atoms with van der Waals surface area (Å²) >= 11 is 0. The number of hydrazine groups is 1. The van der Waals surface area contributed by atoms with Gasteiger partial charge in [-0.15, -0.1) is 0 Å². The molecule has 0 saturated carbocycles. The van der Waals surface area contributed by atoms with E-state index < -0.39 is 11.7 Å². The lowest BCUT2D eigenvalue weighted by molar-refractivity contribution is -0.137. The number of benzene rings is 1. The van der Waals surface area contributed by atoms with E-state index in [0.717, 1.165) is 12.1 Å². The first-order valence-electron chi connectivity index (χ1n) is 5.58. The monoisotopic (exact) mass is 270 g/mol. The number of rotatable bonds is 3. The van der Waals surface area contributed by atoms with E-state index in [2.05, 4.69) is 17.4 Å². The van der Waals surface area contributed by atoms with E-state index in [9.17, 15) is 13.2 Å². The van der Waals surface area contributed by atoms with E-state index in [1.54, 1.807) is 19.1 Å². The number of allylic oxidation sites excluding steroid dienone is 1. The van der Waals surface area contributed by atoms with Crippen LogP contribution in [-0.2, 0) is 6.18 Å². The van der Waals surface area contributed by atoms with Crippen LogP contribution < -0.4 is 15.6 Å². The highest BCUT2D eigenvalue weighted by Crippen LogP contribution is 2.32. The fraction of sp³-hybridized carbons (Fsp3) is 0.231. The third-order valence-corrected chi connectivity index (χ3v) is 2.50. The van der Waals surface area contributed by atoms with Crippen LogP contribution in [0.25, 0.3) is 0 Å². The molecule has 2 rings (SSSR count). The van der Waals surface area contributed by atoms with Crippen molar-refractivity contribution in [1.29, 1.82) is 0 Å². The summed E-state index contributed by atoms with van der Waals surface area (Å²) in [5.41, 5.74) is 6.73. The van der Waals surface area contributed by atoms with E-state index in [4.69, 9.17) is 4.74 Å². The number of alkyl halides is 3. The van der Waals surface area contributed by atoms with Crippen LogP contribution in [0.1, 0.15) is 11.1 Å². The number of aryl methyl sites for hydroxylation is 1. The molecule has 3 nitrogen and oxygen atoms in total. The predicted octanol–water partition coefficient (Wildman–Crippen LogP) is 2.90. The van der Waals surface area contributed by atoms with Crippen molar-refractivity contribution in [1.82, 2.24) is 10.9 Å². The van der Waals surface area contributed by atoms with Gasteiger partial charge < -0.3 is 15.6 Å². The van der Waals surface area contributed by atoms with Gasteiger partial charge in [0.1, 0.15) is 12.4 Å². The molecule has 0 spiro atoms. The normalized spacial score (nSPS) is 14.7. The minimum absolute atomic E-state index is 0.146. The number of nitrogens with one attached hydrogen (secondary N) is 2. The molecular weight excluding hydrogens is 257 g/mol. The van der Waals surface area contributed by atoms with Gasteiger partial charge in [0.05, 0.1) is 11.3 Å². The van der Waals surface area contributed by atoms with Crippen molar-refractivity contribution in [3.05, 3.63) is 53.4 Å². The molecule has 102 valence electrons. The number of hydrogen-bond donors (Lipinski definition) is 2. The molecule has 0 saturated heterocycles. The van der Waals surface area contributed by atoms with Gasteiger partial charge in [0.15, 0.2) is 0 Å². The summed E-state index contributed by atoms with van der Waals surface area (Å²) in [5.74, 6) is 0.188.